The number of hydrogen-bond acceptors (Lipinski definition) is 3. The number of aliphatic hydroxyl groups is 1. The van der Waals surface area contributed by atoms with Gasteiger partial charge in [0.1, 0.15) is 0 Å². The quantitative estimate of drug-likeness (QED) is 0.639. The van der Waals surface area contributed by atoms with Crippen LogP contribution in [0.5, 0.6) is 0 Å². The van der Waals surface area contributed by atoms with Gasteiger partial charge in [-0.1, -0.05) is 0 Å². The molecule has 4 heteroatoms. The van der Waals surface area contributed by atoms with E-state index in [1.165, 1.54) is 0 Å². The highest BCUT2D eigenvalue weighted by molar-refractivity contribution is 5.79. The Kier molecular flexibility index (Phi) is 4.18. The van der Waals surface area contributed by atoms with E-state index in [4.69, 9.17) is 0 Å². The fourth-order valence-corrected chi connectivity index (χ4v) is 2.70. The Hall–Kier alpha value is -0.610. The third kappa shape index (κ3) is 3.19. The molecule has 2 rings (SSSR count). The molecule has 1 aliphatic heterocycles. The van der Waals surface area contributed by atoms with Gasteiger partial charge in [0.2, 0.25) is 5.91 Å². The van der Waals surface area contributed by atoms with Crippen LogP contribution in [0.4, 0.5) is 0 Å². The summed E-state index contributed by atoms with van der Waals surface area (Å²) in [5, 5.41) is 15.9. The Morgan fingerprint density at radius 1 is 1.19 bits per heavy atom. The SMILES string of the molecule is O=C(NC1CCCC(O)C1)C1CCNCC1. The van der Waals surface area contributed by atoms with Gasteiger partial charge in [0.25, 0.3) is 0 Å². The van der Waals surface area contributed by atoms with Crippen molar-refractivity contribution in [2.75, 3.05) is 13.1 Å². The normalized spacial score (nSPS) is 32.3. The maximum Gasteiger partial charge on any atom is 0.223 e. The van der Waals surface area contributed by atoms with Crippen LogP contribution in [-0.4, -0.2) is 36.2 Å². The smallest absolute Gasteiger partial charge is 0.223 e. The summed E-state index contributed by atoms with van der Waals surface area (Å²) in [5.74, 6) is 0.376. The van der Waals surface area contributed by atoms with Gasteiger partial charge in [0.05, 0.1) is 6.10 Å². The van der Waals surface area contributed by atoms with Gasteiger partial charge in [-0.15, -0.1) is 0 Å². The largest absolute Gasteiger partial charge is 0.393 e. The molecule has 1 amide bonds. The third-order valence-corrected chi connectivity index (χ3v) is 3.70. The van der Waals surface area contributed by atoms with Crippen molar-refractivity contribution in [3.8, 4) is 0 Å². The van der Waals surface area contributed by atoms with E-state index in [9.17, 15) is 9.90 Å². The van der Waals surface area contributed by atoms with Crippen LogP contribution in [0.3, 0.4) is 0 Å². The molecular formula is C12H22N2O2. The van der Waals surface area contributed by atoms with Crippen molar-refractivity contribution in [3.05, 3.63) is 0 Å². The lowest BCUT2D eigenvalue weighted by Gasteiger charge is -2.29. The minimum absolute atomic E-state index is 0.181. The minimum Gasteiger partial charge on any atom is -0.393 e. The molecular weight excluding hydrogens is 204 g/mol. The second kappa shape index (κ2) is 5.64. The Labute approximate surface area is 96.8 Å². The highest BCUT2D eigenvalue weighted by atomic mass is 16.3. The van der Waals surface area contributed by atoms with Crippen LogP contribution in [0.15, 0.2) is 0 Å². The van der Waals surface area contributed by atoms with Gasteiger partial charge in [-0.05, 0) is 51.6 Å². The molecule has 0 aromatic heterocycles. The Bertz CT molecular complexity index is 239. The lowest BCUT2D eigenvalue weighted by molar-refractivity contribution is -0.126. The van der Waals surface area contributed by atoms with Crippen LogP contribution in [0.25, 0.3) is 0 Å². The van der Waals surface area contributed by atoms with Crippen LogP contribution in [0, 0.1) is 5.92 Å². The molecule has 0 spiro atoms. The molecule has 92 valence electrons. The van der Waals surface area contributed by atoms with E-state index in [0.717, 1.165) is 51.6 Å². The first kappa shape index (κ1) is 11.9. The molecule has 2 unspecified atom stereocenters. The molecule has 2 atom stereocenters. The number of carbonyl (C=O) groups is 1. The van der Waals surface area contributed by atoms with Crippen LogP contribution < -0.4 is 10.6 Å². The number of aliphatic hydroxyl groups excluding tert-OH is 1. The van der Waals surface area contributed by atoms with Crippen molar-refractivity contribution in [2.24, 2.45) is 5.92 Å². The Morgan fingerprint density at radius 2 is 1.94 bits per heavy atom. The third-order valence-electron chi connectivity index (χ3n) is 3.70. The van der Waals surface area contributed by atoms with Gasteiger partial charge < -0.3 is 15.7 Å². The first-order valence-corrected chi connectivity index (χ1v) is 6.45. The molecule has 0 radical (unpaired) electrons. The summed E-state index contributed by atoms with van der Waals surface area (Å²) >= 11 is 0. The van der Waals surface area contributed by atoms with E-state index >= 15 is 0 Å². The van der Waals surface area contributed by atoms with Crippen LogP contribution >= 0.6 is 0 Å². The predicted molar refractivity (Wildman–Crippen MR) is 62.0 cm³/mol. The van der Waals surface area contributed by atoms with Crippen molar-refractivity contribution in [2.45, 2.75) is 50.7 Å². The van der Waals surface area contributed by atoms with Crippen molar-refractivity contribution in [1.29, 1.82) is 0 Å². The standard InChI is InChI=1S/C12H22N2O2/c15-11-3-1-2-10(8-11)14-12(16)9-4-6-13-7-5-9/h9-11,13,15H,1-8H2,(H,14,16). The molecule has 1 saturated carbocycles. The molecule has 0 bridgehead atoms. The lowest BCUT2D eigenvalue weighted by atomic mass is 9.91. The van der Waals surface area contributed by atoms with Gasteiger partial charge in [-0.3, -0.25) is 4.79 Å². The van der Waals surface area contributed by atoms with Crippen LogP contribution in [-0.2, 0) is 4.79 Å². The highest BCUT2D eigenvalue weighted by Gasteiger charge is 2.26. The number of nitrogens with one attached hydrogen (secondary N) is 2. The summed E-state index contributed by atoms with van der Waals surface area (Å²) in [6.45, 7) is 1.90. The molecule has 1 heterocycles. The number of hydrogen-bond donors (Lipinski definition) is 3. The summed E-state index contributed by atoms with van der Waals surface area (Å²) in [7, 11) is 0. The number of rotatable bonds is 2. The first-order valence-electron chi connectivity index (χ1n) is 6.45. The molecule has 16 heavy (non-hydrogen) atoms. The minimum atomic E-state index is -0.216. The zero-order valence-corrected chi connectivity index (χ0v) is 9.74. The van der Waals surface area contributed by atoms with Crippen molar-refractivity contribution < 1.29 is 9.90 Å². The van der Waals surface area contributed by atoms with E-state index in [1.54, 1.807) is 0 Å². The van der Waals surface area contributed by atoms with E-state index in [1.807, 2.05) is 0 Å². The molecule has 2 aliphatic rings. The zero-order valence-electron chi connectivity index (χ0n) is 9.74. The number of amides is 1. The van der Waals surface area contributed by atoms with Crippen molar-refractivity contribution in [1.82, 2.24) is 10.6 Å². The topological polar surface area (TPSA) is 61.4 Å². The fourth-order valence-electron chi connectivity index (χ4n) is 2.70. The first-order chi connectivity index (χ1) is 7.75. The van der Waals surface area contributed by atoms with E-state index in [-0.39, 0.29) is 24.0 Å². The Balaban J connectivity index is 1.77. The summed E-state index contributed by atoms with van der Waals surface area (Å²) in [6, 6.07) is 0.200. The van der Waals surface area contributed by atoms with Gasteiger partial charge in [0, 0.05) is 12.0 Å². The van der Waals surface area contributed by atoms with Gasteiger partial charge >= 0.3 is 0 Å². The monoisotopic (exact) mass is 226 g/mol. The molecule has 4 nitrogen and oxygen atoms in total. The summed E-state index contributed by atoms with van der Waals surface area (Å²) in [4.78, 5) is 12.0. The highest BCUT2D eigenvalue weighted by Crippen LogP contribution is 2.19. The van der Waals surface area contributed by atoms with E-state index < -0.39 is 0 Å². The van der Waals surface area contributed by atoms with E-state index in [0.29, 0.717) is 0 Å². The van der Waals surface area contributed by atoms with Gasteiger partial charge in [0.15, 0.2) is 0 Å². The van der Waals surface area contributed by atoms with Crippen LogP contribution in [0.2, 0.25) is 0 Å². The molecule has 1 saturated heterocycles. The summed E-state index contributed by atoms with van der Waals surface area (Å²) in [6.07, 6.45) is 5.34. The molecule has 2 fully saturated rings. The number of carbonyl (C=O) groups excluding carboxylic acids is 1. The fraction of sp³-hybridized carbons (Fsp3) is 0.917. The predicted octanol–water partition coefficient (Wildman–Crippen LogP) is 0.406. The lowest BCUT2D eigenvalue weighted by Crippen LogP contribution is -2.45. The zero-order chi connectivity index (χ0) is 11.4. The molecule has 0 aromatic carbocycles. The van der Waals surface area contributed by atoms with Crippen LogP contribution in [0.1, 0.15) is 38.5 Å². The average Bonchev–Trinajstić information content (AvgIpc) is 2.30. The van der Waals surface area contributed by atoms with Crippen molar-refractivity contribution in [3.63, 3.8) is 0 Å². The van der Waals surface area contributed by atoms with Gasteiger partial charge in [-0.25, -0.2) is 0 Å². The molecule has 0 aromatic rings. The second-order valence-electron chi connectivity index (χ2n) is 5.05. The maximum atomic E-state index is 12.0. The van der Waals surface area contributed by atoms with E-state index in [2.05, 4.69) is 10.6 Å². The maximum absolute atomic E-state index is 12.0. The van der Waals surface area contributed by atoms with Gasteiger partial charge in [-0.2, -0.15) is 0 Å². The number of piperidine rings is 1. The molecule has 3 N–H and O–H groups in total. The van der Waals surface area contributed by atoms with Crippen molar-refractivity contribution >= 4 is 5.91 Å². The summed E-state index contributed by atoms with van der Waals surface area (Å²) < 4.78 is 0. The Morgan fingerprint density at radius 3 is 2.62 bits per heavy atom. The second-order valence-corrected chi connectivity index (χ2v) is 5.05. The summed E-state index contributed by atoms with van der Waals surface area (Å²) in [5.41, 5.74) is 0. The molecule has 1 aliphatic carbocycles. The average molecular weight is 226 g/mol.